The highest BCUT2D eigenvalue weighted by molar-refractivity contribution is 6.47. The maximum absolute atomic E-state index is 13.5. The number of hydrogen-bond donors (Lipinski definition) is 2. The Morgan fingerprint density at radius 1 is 1.09 bits per heavy atom. The van der Waals surface area contributed by atoms with Crippen LogP contribution in [-0.2, 0) is 26.9 Å². The molecule has 0 radical (unpaired) electrons. The Morgan fingerprint density at radius 2 is 1.77 bits per heavy atom. The highest BCUT2D eigenvalue weighted by Crippen LogP contribution is 2.66. The number of carbonyl (C=O) groups is 1. The molecule has 4 N–H and O–H groups in total. The molecule has 6 rings (SSSR count). The maximum Gasteiger partial charge on any atom is 0.463 e. The van der Waals surface area contributed by atoms with Crippen LogP contribution in [0, 0.1) is 23.1 Å². The zero-order chi connectivity index (χ0) is 24.8. The van der Waals surface area contributed by atoms with Crippen molar-refractivity contribution in [2.45, 2.75) is 70.0 Å². The van der Waals surface area contributed by atoms with Gasteiger partial charge < -0.3 is 20.4 Å². The van der Waals surface area contributed by atoms with Gasteiger partial charge in [0.1, 0.15) is 5.82 Å². The van der Waals surface area contributed by atoms with Crippen molar-refractivity contribution < 1.29 is 24.2 Å². The van der Waals surface area contributed by atoms with Gasteiger partial charge in [0.05, 0.1) is 11.7 Å². The van der Waals surface area contributed by atoms with E-state index in [1.54, 1.807) is 12.1 Å². The van der Waals surface area contributed by atoms with Crippen molar-refractivity contribution in [3.05, 3.63) is 71.5 Å². The van der Waals surface area contributed by atoms with Crippen molar-refractivity contribution in [2.75, 3.05) is 6.54 Å². The maximum atomic E-state index is 13.5. The van der Waals surface area contributed by atoms with Crippen LogP contribution < -0.4 is 11.1 Å². The minimum absolute atomic E-state index is 0.0781. The van der Waals surface area contributed by atoms with Crippen molar-refractivity contribution in [3.8, 4) is 0 Å². The van der Waals surface area contributed by atoms with Gasteiger partial charge in [-0.2, -0.15) is 0 Å². The van der Waals surface area contributed by atoms with Crippen LogP contribution in [0.2, 0.25) is 5.82 Å². The summed E-state index contributed by atoms with van der Waals surface area (Å²) >= 11 is 0. The molecular formula is C28H37BFN2O3+. The highest BCUT2D eigenvalue weighted by Gasteiger charge is 2.68. The molecule has 35 heavy (non-hydrogen) atoms. The molecule has 3 saturated carbocycles. The molecule has 186 valence electrons. The minimum atomic E-state index is -0.414. The van der Waals surface area contributed by atoms with Crippen molar-refractivity contribution in [2.24, 2.45) is 17.3 Å². The summed E-state index contributed by atoms with van der Waals surface area (Å²) in [6.45, 7) is 7.32. The number of benzene rings is 2. The van der Waals surface area contributed by atoms with E-state index in [2.05, 4.69) is 31.8 Å². The quantitative estimate of drug-likeness (QED) is 0.570. The van der Waals surface area contributed by atoms with Crippen molar-refractivity contribution in [1.29, 1.82) is 0 Å². The third kappa shape index (κ3) is 4.66. The van der Waals surface area contributed by atoms with Crippen LogP contribution in [0.1, 0.15) is 44.7 Å². The third-order valence-electron chi connectivity index (χ3n) is 9.00. The molecule has 5 nitrogen and oxygen atoms in total. The molecule has 1 saturated heterocycles. The van der Waals surface area contributed by atoms with Gasteiger partial charge in [-0.25, -0.2) is 4.39 Å². The van der Waals surface area contributed by atoms with Gasteiger partial charge in [-0.05, 0) is 66.7 Å². The fourth-order valence-electron chi connectivity index (χ4n) is 6.66. The Kier molecular flexibility index (Phi) is 6.53. The summed E-state index contributed by atoms with van der Waals surface area (Å²) in [6.07, 6.45) is 3.51. The molecule has 4 aliphatic rings. The van der Waals surface area contributed by atoms with Gasteiger partial charge in [-0.1, -0.05) is 56.3 Å². The van der Waals surface area contributed by atoms with Gasteiger partial charge in [0, 0.05) is 18.8 Å². The fourth-order valence-corrected chi connectivity index (χ4v) is 6.66. The molecule has 2 bridgehead atoms. The number of halogens is 1. The molecule has 7 heteroatoms. The summed E-state index contributed by atoms with van der Waals surface area (Å²) in [6, 6.07) is 16.1. The van der Waals surface area contributed by atoms with Gasteiger partial charge >= 0.3 is 7.12 Å². The second-order valence-electron chi connectivity index (χ2n) is 11.6. The minimum Gasteiger partial charge on any atom is -0.405 e. The van der Waals surface area contributed by atoms with Gasteiger partial charge in [-0.3, -0.25) is 4.79 Å². The van der Waals surface area contributed by atoms with Crippen LogP contribution in [0.25, 0.3) is 0 Å². The van der Waals surface area contributed by atoms with Crippen LogP contribution in [0.4, 0.5) is 4.39 Å². The Hall–Kier alpha value is -2.22. The average Bonchev–Trinajstić information content (AvgIpc) is 3.20. The normalized spacial score (nSPS) is 30.2. The Labute approximate surface area is 208 Å². The molecule has 6 atom stereocenters. The van der Waals surface area contributed by atoms with E-state index in [0.717, 1.165) is 17.5 Å². The molecule has 3 aliphatic carbocycles. The predicted molar refractivity (Wildman–Crippen MR) is 134 cm³/mol. The molecule has 0 aromatic heterocycles. The van der Waals surface area contributed by atoms with Crippen molar-refractivity contribution >= 4 is 13.0 Å². The van der Waals surface area contributed by atoms with Gasteiger partial charge in [0.25, 0.3) is 5.91 Å². The summed E-state index contributed by atoms with van der Waals surface area (Å²) in [5, 5.41) is 3.11. The molecule has 1 amide bonds. The van der Waals surface area contributed by atoms with E-state index in [-0.39, 0.29) is 40.7 Å². The topological polar surface area (TPSA) is 75.2 Å². The number of carbonyl (C=O) groups excluding carboxylic acids is 1. The van der Waals surface area contributed by atoms with Crippen molar-refractivity contribution in [1.82, 2.24) is 5.32 Å². The van der Waals surface area contributed by atoms with Gasteiger partial charge in [0.15, 0.2) is 6.04 Å². The summed E-state index contributed by atoms with van der Waals surface area (Å²) in [4.78, 5) is 12.9. The van der Waals surface area contributed by atoms with Crippen LogP contribution in [-0.4, -0.2) is 37.3 Å². The number of nitrogens with one attached hydrogen (secondary N) is 1. The summed E-state index contributed by atoms with van der Waals surface area (Å²) in [5.74, 6) is 0.723. The SMILES string of the molecule is CC1(C)C2CC3OB([C@@H](CNC(=O)[C@@H]([NH3+])Cc4ccccc4)Cc4ccc(F)cc4)O[C@]3(C)C1C2. The lowest BCUT2D eigenvalue weighted by atomic mass is 9.43. The largest absolute Gasteiger partial charge is 0.463 e. The second kappa shape index (κ2) is 9.34. The first-order valence-electron chi connectivity index (χ1n) is 12.9. The van der Waals surface area contributed by atoms with Crippen LogP contribution in [0.5, 0.6) is 0 Å². The van der Waals surface area contributed by atoms with E-state index in [0.29, 0.717) is 31.2 Å². The Morgan fingerprint density at radius 3 is 2.46 bits per heavy atom. The molecule has 2 aromatic carbocycles. The fraction of sp³-hybridized carbons (Fsp3) is 0.536. The lowest BCUT2D eigenvalue weighted by molar-refractivity contribution is -0.403. The zero-order valence-electron chi connectivity index (χ0n) is 21.0. The molecule has 1 heterocycles. The standard InChI is InChI=1S/C28H36BFN2O3/c1-27(2)20-15-24(27)28(3)25(16-20)34-29(35-28)21(13-19-9-11-22(30)12-10-19)17-32-26(33)23(31)14-18-7-5-4-6-8-18/h4-12,20-21,23-25H,13-17,31H2,1-3H3,(H,32,33)/p+1/t20?,21-,23+,24?,25?,28-/m1/s1. The van der Waals surface area contributed by atoms with Crippen molar-refractivity contribution in [3.63, 3.8) is 0 Å². The van der Waals surface area contributed by atoms with E-state index in [1.807, 2.05) is 30.3 Å². The first kappa shape index (κ1) is 24.5. The van der Waals surface area contributed by atoms with E-state index in [4.69, 9.17) is 9.31 Å². The second-order valence-corrected chi connectivity index (χ2v) is 11.6. The highest BCUT2D eigenvalue weighted by atomic mass is 19.1. The van der Waals surface area contributed by atoms with Gasteiger partial charge in [0.2, 0.25) is 0 Å². The molecule has 2 aromatic rings. The summed E-state index contributed by atoms with van der Waals surface area (Å²) in [5.41, 5.74) is 6.13. The van der Waals surface area contributed by atoms with Gasteiger partial charge in [-0.15, -0.1) is 0 Å². The Bertz CT molecular complexity index is 1050. The smallest absolute Gasteiger partial charge is 0.405 e. The first-order chi connectivity index (χ1) is 16.7. The number of quaternary nitrogens is 1. The molecular weight excluding hydrogens is 442 g/mol. The molecule has 3 unspecified atom stereocenters. The lowest BCUT2D eigenvalue weighted by Gasteiger charge is -2.64. The summed E-state index contributed by atoms with van der Waals surface area (Å²) in [7, 11) is -0.414. The van der Waals surface area contributed by atoms with E-state index < -0.39 is 7.12 Å². The van der Waals surface area contributed by atoms with E-state index in [9.17, 15) is 9.18 Å². The number of hydrogen-bond acceptors (Lipinski definition) is 3. The summed E-state index contributed by atoms with van der Waals surface area (Å²) < 4.78 is 26.8. The number of rotatable bonds is 8. The zero-order valence-corrected chi connectivity index (χ0v) is 21.0. The number of amides is 1. The van der Waals surface area contributed by atoms with Crippen LogP contribution >= 0.6 is 0 Å². The van der Waals surface area contributed by atoms with E-state index >= 15 is 0 Å². The predicted octanol–water partition coefficient (Wildman–Crippen LogP) is 3.44. The average molecular weight is 479 g/mol. The van der Waals surface area contributed by atoms with Crippen LogP contribution in [0.3, 0.4) is 0 Å². The molecule has 0 spiro atoms. The first-order valence-corrected chi connectivity index (χ1v) is 12.9. The Balaban J connectivity index is 1.28. The lowest BCUT2D eigenvalue weighted by Crippen LogP contribution is -2.68. The third-order valence-corrected chi connectivity index (χ3v) is 9.00. The monoisotopic (exact) mass is 479 g/mol. The van der Waals surface area contributed by atoms with Crippen LogP contribution in [0.15, 0.2) is 54.6 Å². The van der Waals surface area contributed by atoms with E-state index in [1.165, 1.54) is 18.6 Å². The molecule has 4 fully saturated rings. The molecule has 1 aliphatic heterocycles.